The van der Waals surface area contributed by atoms with Crippen LogP contribution < -0.4 is 10.1 Å². The standard InChI is InChI=1S/C14H13BrN2O2/c1-19-11-5-2-4-10(8-11)9-17-14(18)12-6-3-7-16-13(12)15/h2-8H,9H2,1H3,(H,17,18). The number of benzene rings is 1. The highest BCUT2D eigenvalue weighted by atomic mass is 79.9. The van der Waals surface area contributed by atoms with Gasteiger partial charge in [-0.05, 0) is 45.8 Å². The number of halogens is 1. The Balaban J connectivity index is 2.02. The van der Waals surface area contributed by atoms with E-state index in [0.717, 1.165) is 11.3 Å². The predicted molar refractivity (Wildman–Crippen MR) is 76.1 cm³/mol. The van der Waals surface area contributed by atoms with Gasteiger partial charge in [0.2, 0.25) is 0 Å². The van der Waals surface area contributed by atoms with Gasteiger partial charge in [0.05, 0.1) is 12.7 Å². The molecule has 0 bridgehead atoms. The Morgan fingerprint density at radius 2 is 2.21 bits per heavy atom. The van der Waals surface area contributed by atoms with Gasteiger partial charge in [0.1, 0.15) is 10.4 Å². The van der Waals surface area contributed by atoms with Crippen molar-refractivity contribution in [2.45, 2.75) is 6.54 Å². The molecule has 0 atom stereocenters. The van der Waals surface area contributed by atoms with Crippen LogP contribution >= 0.6 is 15.9 Å². The van der Waals surface area contributed by atoms with Gasteiger partial charge >= 0.3 is 0 Å². The van der Waals surface area contributed by atoms with Gasteiger partial charge in [-0.2, -0.15) is 0 Å². The number of pyridine rings is 1. The number of hydrogen-bond donors (Lipinski definition) is 1. The van der Waals surface area contributed by atoms with Crippen LogP contribution in [0.15, 0.2) is 47.2 Å². The third-order valence-electron chi connectivity index (χ3n) is 2.59. The Bertz CT molecular complexity index is 587. The fraction of sp³-hybridized carbons (Fsp3) is 0.143. The first kappa shape index (κ1) is 13.5. The molecule has 0 fully saturated rings. The zero-order valence-corrected chi connectivity index (χ0v) is 12.0. The summed E-state index contributed by atoms with van der Waals surface area (Å²) in [5, 5.41) is 2.84. The molecule has 0 saturated carbocycles. The largest absolute Gasteiger partial charge is 0.497 e. The summed E-state index contributed by atoms with van der Waals surface area (Å²) in [5.74, 6) is 0.608. The highest BCUT2D eigenvalue weighted by Crippen LogP contribution is 2.14. The highest BCUT2D eigenvalue weighted by Gasteiger charge is 2.09. The summed E-state index contributed by atoms with van der Waals surface area (Å²) in [6.07, 6.45) is 1.63. The molecule has 1 N–H and O–H groups in total. The van der Waals surface area contributed by atoms with E-state index in [1.54, 1.807) is 25.4 Å². The highest BCUT2D eigenvalue weighted by molar-refractivity contribution is 9.10. The monoisotopic (exact) mass is 320 g/mol. The second-order valence-electron chi connectivity index (χ2n) is 3.88. The van der Waals surface area contributed by atoms with Crippen molar-refractivity contribution in [3.05, 3.63) is 58.3 Å². The fourth-order valence-corrected chi connectivity index (χ4v) is 2.05. The van der Waals surface area contributed by atoms with E-state index in [1.807, 2.05) is 24.3 Å². The van der Waals surface area contributed by atoms with Crippen LogP contribution in [0.3, 0.4) is 0 Å². The van der Waals surface area contributed by atoms with Crippen LogP contribution in [0.5, 0.6) is 5.75 Å². The van der Waals surface area contributed by atoms with Crippen molar-refractivity contribution in [1.82, 2.24) is 10.3 Å². The Hall–Kier alpha value is -1.88. The van der Waals surface area contributed by atoms with Crippen molar-refractivity contribution in [2.24, 2.45) is 0 Å². The van der Waals surface area contributed by atoms with Crippen molar-refractivity contribution in [3.8, 4) is 5.75 Å². The SMILES string of the molecule is COc1cccc(CNC(=O)c2cccnc2Br)c1. The number of rotatable bonds is 4. The van der Waals surface area contributed by atoms with Crippen LogP contribution in [0.1, 0.15) is 15.9 Å². The number of nitrogens with one attached hydrogen (secondary N) is 1. The first-order valence-electron chi connectivity index (χ1n) is 5.72. The van der Waals surface area contributed by atoms with E-state index in [2.05, 4.69) is 26.2 Å². The number of aromatic nitrogens is 1. The quantitative estimate of drug-likeness (QED) is 0.881. The number of methoxy groups -OCH3 is 1. The average Bonchev–Trinajstić information content (AvgIpc) is 2.45. The van der Waals surface area contributed by atoms with Gasteiger partial charge in [0.15, 0.2) is 0 Å². The summed E-state index contributed by atoms with van der Waals surface area (Å²) in [5.41, 5.74) is 1.50. The molecule has 1 amide bonds. The maximum absolute atomic E-state index is 12.0. The van der Waals surface area contributed by atoms with Crippen molar-refractivity contribution >= 4 is 21.8 Å². The van der Waals surface area contributed by atoms with Crippen LogP contribution in [-0.2, 0) is 6.54 Å². The number of carbonyl (C=O) groups is 1. The Kier molecular flexibility index (Phi) is 4.52. The molecule has 1 aromatic carbocycles. The minimum absolute atomic E-state index is 0.164. The molecule has 98 valence electrons. The van der Waals surface area contributed by atoms with Crippen LogP contribution in [0, 0.1) is 0 Å². The van der Waals surface area contributed by atoms with E-state index in [1.165, 1.54) is 0 Å². The smallest absolute Gasteiger partial charge is 0.254 e. The number of nitrogens with zero attached hydrogens (tertiary/aromatic N) is 1. The third-order valence-corrected chi connectivity index (χ3v) is 3.22. The molecule has 0 spiro atoms. The molecule has 0 aliphatic carbocycles. The number of ether oxygens (including phenoxy) is 1. The molecule has 0 saturated heterocycles. The lowest BCUT2D eigenvalue weighted by atomic mass is 10.2. The molecule has 1 heterocycles. The van der Waals surface area contributed by atoms with Crippen LogP contribution in [0.4, 0.5) is 0 Å². The van der Waals surface area contributed by atoms with Gasteiger partial charge in [0, 0.05) is 12.7 Å². The minimum atomic E-state index is -0.164. The molecular formula is C14H13BrN2O2. The van der Waals surface area contributed by atoms with E-state index in [-0.39, 0.29) is 5.91 Å². The molecule has 4 nitrogen and oxygen atoms in total. The Morgan fingerprint density at radius 1 is 1.37 bits per heavy atom. The molecule has 2 aromatic rings. The summed E-state index contributed by atoms with van der Waals surface area (Å²) >= 11 is 3.25. The zero-order valence-electron chi connectivity index (χ0n) is 10.4. The predicted octanol–water partition coefficient (Wildman–Crippen LogP) is 2.78. The summed E-state index contributed by atoms with van der Waals surface area (Å²) in [4.78, 5) is 16.0. The van der Waals surface area contributed by atoms with Gasteiger partial charge in [-0.15, -0.1) is 0 Å². The van der Waals surface area contributed by atoms with E-state index in [9.17, 15) is 4.79 Å². The average molecular weight is 321 g/mol. The van der Waals surface area contributed by atoms with Crippen molar-refractivity contribution in [2.75, 3.05) is 7.11 Å². The lowest BCUT2D eigenvalue weighted by Gasteiger charge is -2.07. The second-order valence-corrected chi connectivity index (χ2v) is 4.63. The van der Waals surface area contributed by atoms with Crippen molar-refractivity contribution < 1.29 is 9.53 Å². The fourth-order valence-electron chi connectivity index (χ4n) is 1.62. The van der Waals surface area contributed by atoms with Gasteiger partial charge in [-0.1, -0.05) is 12.1 Å². The second kappa shape index (κ2) is 6.33. The molecule has 0 aliphatic heterocycles. The summed E-state index contributed by atoms with van der Waals surface area (Å²) < 4.78 is 5.68. The molecule has 0 unspecified atom stereocenters. The lowest BCUT2D eigenvalue weighted by molar-refractivity contribution is 0.0949. The lowest BCUT2D eigenvalue weighted by Crippen LogP contribution is -2.23. The maximum Gasteiger partial charge on any atom is 0.254 e. The maximum atomic E-state index is 12.0. The van der Waals surface area contributed by atoms with Gasteiger partial charge in [-0.3, -0.25) is 4.79 Å². The summed E-state index contributed by atoms with van der Waals surface area (Å²) in [7, 11) is 1.62. The Morgan fingerprint density at radius 3 is 2.95 bits per heavy atom. The molecule has 2 rings (SSSR count). The first-order chi connectivity index (χ1) is 9.20. The van der Waals surface area contributed by atoms with Crippen LogP contribution in [0.2, 0.25) is 0 Å². The molecule has 5 heteroatoms. The minimum Gasteiger partial charge on any atom is -0.497 e. The molecule has 0 aliphatic rings. The third kappa shape index (κ3) is 3.54. The van der Waals surface area contributed by atoms with E-state index in [4.69, 9.17) is 4.74 Å². The summed E-state index contributed by atoms with van der Waals surface area (Å²) in [6.45, 7) is 0.442. The van der Waals surface area contributed by atoms with Crippen LogP contribution in [-0.4, -0.2) is 18.0 Å². The first-order valence-corrected chi connectivity index (χ1v) is 6.51. The zero-order chi connectivity index (χ0) is 13.7. The van der Waals surface area contributed by atoms with Gasteiger partial charge in [-0.25, -0.2) is 4.98 Å². The molecule has 1 aromatic heterocycles. The van der Waals surface area contributed by atoms with Gasteiger partial charge < -0.3 is 10.1 Å². The Labute approximate surface area is 119 Å². The number of hydrogen-bond acceptors (Lipinski definition) is 3. The van der Waals surface area contributed by atoms with Crippen molar-refractivity contribution in [1.29, 1.82) is 0 Å². The van der Waals surface area contributed by atoms with E-state index in [0.29, 0.717) is 16.7 Å². The summed E-state index contributed by atoms with van der Waals surface area (Å²) in [6, 6.07) is 11.0. The molecule has 19 heavy (non-hydrogen) atoms. The molecular weight excluding hydrogens is 308 g/mol. The van der Waals surface area contributed by atoms with Crippen LogP contribution in [0.25, 0.3) is 0 Å². The van der Waals surface area contributed by atoms with E-state index >= 15 is 0 Å². The normalized spacial score (nSPS) is 10.0. The van der Waals surface area contributed by atoms with E-state index < -0.39 is 0 Å². The number of amides is 1. The number of carbonyl (C=O) groups excluding carboxylic acids is 1. The topological polar surface area (TPSA) is 51.2 Å². The molecule has 0 radical (unpaired) electrons. The van der Waals surface area contributed by atoms with Gasteiger partial charge in [0.25, 0.3) is 5.91 Å². The van der Waals surface area contributed by atoms with Crippen molar-refractivity contribution in [3.63, 3.8) is 0 Å².